The Morgan fingerprint density at radius 2 is 1.89 bits per heavy atom. The number of amides is 2. The largest absolute Gasteiger partial charge is 0.497 e. The number of hydrogen-bond donors (Lipinski definition) is 1. The first-order valence-corrected chi connectivity index (χ1v) is 15.6. The lowest BCUT2D eigenvalue weighted by Crippen LogP contribution is -2.56. The van der Waals surface area contributed by atoms with E-state index in [1.807, 2.05) is 27.7 Å². The van der Waals surface area contributed by atoms with Gasteiger partial charge in [-0.15, -0.1) is 0 Å². The molecule has 1 aromatic heterocycles. The number of benzene rings is 1. The van der Waals surface area contributed by atoms with E-state index in [9.17, 15) is 14.4 Å². The minimum absolute atomic E-state index is 0.0236. The highest BCUT2D eigenvalue weighted by Gasteiger charge is 2.49. The van der Waals surface area contributed by atoms with Gasteiger partial charge in [0, 0.05) is 18.6 Å². The van der Waals surface area contributed by atoms with Crippen molar-refractivity contribution in [3.63, 3.8) is 0 Å². The number of nitrogens with one attached hydrogen (secondary N) is 1. The second-order valence-corrected chi connectivity index (χ2v) is 13.2. The lowest BCUT2D eigenvalue weighted by molar-refractivity contribution is -0.139. The summed E-state index contributed by atoms with van der Waals surface area (Å²) in [4.78, 5) is 49.8. The van der Waals surface area contributed by atoms with Gasteiger partial charge in [0.25, 0.3) is 0 Å². The number of rotatable bonds is 3. The van der Waals surface area contributed by atoms with Gasteiger partial charge in [-0.25, -0.2) is 14.8 Å². The molecule has 45 heavy (non-hydrogen) atoms. The average Bonchev–Trinajstić information content (AvgIpc) is 3.59. The summed E-state index contributed by atoms with van der Waals surface area (Å²) in [7, 11) is 1.48. The van der Waals surface area contributed by atoms with Crippen LogP contribution in [0.4, 0.5) is 13.6 Å². The van der Waals surface area contributed by atoms with Crippen molar-refractivity contribution in [1.29, 1.82) is 0 Å². The fourth-order valence-corrected chi connectivity index (χ4v) is 6.65. The van der Waals surface area contributed by atoms with E-state index in [0.717, 1.165) is 12.8 Å². The van der Waals surface area contributed by atoms with Gasteiger partial charge in [0.05, 0.1) is 30.7 Å². The van der Waals surface area contributed by atoms with Crippen molar-refractivity contribution in [3.8, 4) is 11.6 Å². The van der Waals surface area contributed by atoms with E-state index in [0.29, 0.717) is 31.3 Å². The molecular weight excluding hydrogens is 590 g/mol. The molecule has 0 radical (unpaired) electrons. The standard InChI is InChI=1S/C32H42F2N4O7/c1-6-20-23(16-39)38-15-25(20)44-28-26(35-21-11-10-19(42-5)14-22(21)36-28)32(33,34)17-43-13-12-18-8-7-9-24(18)45-30(41)37-27(29(38)40)31(2,3)4/h10-11,14,16,18,20,23-25,27H,6-9,12-13,15,17H2,1-5H3,(H,37,41)/t18-,20-,23+,24+,25-,27+/m0/s1. The summed E-state index contributed by atoms with van der Waals surface area (Å²) in [5, 5.41) is 2.77. The number of carbonyl (C=O) groups is 3. The first-order valence-electron chi connectivity index (χ1n) is 15.6. The topological polar surface area (TPSA) is 129 Å². The molecule has 0 spiro atoms. The number of halogens is 2. The molecule has 1 saturated carbocycles. The zero-order chi connectivity index (χ0) is 32.5. The number of nitrogens with zero attached hydrogens (tertiary/aromatic N) is 3. The lowest BCUT2D eigenvalue weighted by Gasteiger charge is -2.35. The Morgan fingerprint density at radius 1 is 1.11 bits per heavy atom. The van der Waals surface area contributed by atoms with Crippen LogP contribution >= 0.6 is 0 Å². The second-order valence-electron chi connectivity index (χ2n) is 13.2. The number of alkyl carbamates (subject to hydrolysis) is 1. The predicted octanol–water partition coefficient (Wildman–Crippen LogP) is 4.64. The van der Waals surface area contributed by atoms with Crippen LogP contribution in [0.5, 0.6) is 11.6 Å². The van der Waals surface area contributed by atoms with Gasteiger partial charge < -0.3 is 34.0 Å². The molecule has 13 heteroatoms. The third kappa shape index (κ3) is 6.83. The zero-order valence-electron chi connectivity index (χ0n) is 26.4. The highest BCUT2D eigenvalue weighted by Crippen LogP contribution is 2.39. The number of fused-ring (bicyclic) bond motifs is 5. The normalized spacial score (nSPS) is 29.4. The Balaban J connectivity index is 1.58. The minimum Gasteiger partial charge on any atom is -0.497 e. The van der Waals surface area contributed by atoms with E-state index < -0.39 is 71.7 Å². The number of hydrogen-bond acceptors (Lipinski definition) is 9. The van der Waals surface area contributed by atoms with Crippen molar-refractivity contribution in [3.05, 3.63) is 23.9 Å². The molecular formula is C32H42F2N4O7. The van der Waals surface area contributed by atoms with Crippen molar-refractivity contribution in [2.75, 3.05) is 26.9 Å². The highest BCUT2D eigenvalue weighted by molar-refractivity contribution is 5.89. The Hall–Kier alpha value is -3.61. The van der Waals surface area contributed by atoms with Gasteiger partial charge in [0.1, 0.15) is 36.9 Å². The molecule has 2 bridgehead atoms. The second kappa shape index (κ2) is 13.0. The first-order chi connectivity index (χ1) is 21.4. The molecule has 2 aromatic rings. The summed E-state index contributed by atoms with van der Waals surface area (Å²) in [6.07, 6.45) is 1.64. The SMILES string of the molecule is CC[C@@H]1[C@@H]2CN(C(=O)[C@H](C(C)(C)C)NC(=O)O[C@@H]3CCC[C@H]3CCOCC(F)(F)c3nc4ccc(OC)cc4nc3O2)[C@@H]1C=O. The smallest absolute Gasteiger partial charge is 0.408 e. The zero-order valence-corrected chi connectivity index (χ0v) is 26.4. The van der Waals surface area contributed by atoms with Gasteiger partial charge in [-0.05, 0) is 55.6 Å². The first kappa shape index (κ1) is 32.8. The maximum atomic E-state index is 15.9. The summed E-state index contributed by atoms with van der Waals surface area (Å²) >= 11 is 0. The summed E-state index contributed by atoms with van der Waals surface area (Å²) in [5.41, 5.74) is -0.937. The molecule has 3 heterocycles. The van der Waals surface area contributed by atoms with Crippen LogP contribution in [-0.4, -0.2) is 84.3 Å². The molecule has 3 aliphatic rings. The molecule has 2 amide bonds. The molecule has 1 N–H and O–H groups in total. The monoisotopic (exact) mass is 632 g/mol. The summed E-state index contributed by atoms with van der Waals surface area (Å²) in [6.45, 7) is 6.22. The number of ether oxygens (including phenoxy) is 4. The molecule has 246 valence electrons. The summed E-state index contributed by atoms with van der Waals surface area (Å²) in [6, 6.07) is 2.76. The number of alkyl halides is 2. The van der Waals surface area contributed by atoms with Crippen LogP contribution in [0, 0.1) is 17.3 Å². The molecule has 5 rings (SSSR count). The van der Waals surface area contributed by atoms with Crippen LogP contribution in [0.15, 0.2) is 18.2 Å². The van der Waals surface area contributed by atoms with E-state index in [1.54, 1.807) is 12.1 Å². The number of aldehydes is 1. The van der Waals surface area contributed by atoms with E-state index in [4.69, 9.17) is 18.9 Å². The molecule has 0 unspecified atom stereocenters. The van der Waals surface area contributed by atoms with Crippen LogP contribution in [0.2, 0.25) is 0 Å². The van der Waals surface area contributed by atoms with E-state index in [2.05, 4.69) is 15.3 Å². The fourth-order valence-electron chi connectivity index (χ4n) is 6.65. The van der Waals surface area contributed by atoms with Gasteiger partial charge in [-0.1, -0.05) is 27.7 Å². The molecule has 1 saturated heterocycles. The Bertz CT molecular complexity index is 1420. The molecule has 1 aliphatic carbocycles. The van der Waals surface area contributed by atoms with Crippen LogP contribution < -0.4 is 14.8 Å². The number of carbonyl (C=O) groups excluding carboxylic acids is 3. The van der Waals surface area contributed by atoms with E-state index in [1.165, 1.54) is 18.1 Å². The highest BCUT2D eigenvalue weighted by atomic mass is 19.3. The quantitative estimate of drug-likeness (QED) is 0.481. The van der Waals surface area contributed by atoms with Gasteiger partial charge >= 0.3 is 12.0 Å². The van der Waals surface area contributed by atoms with Gasteiger partial charge in [-0.2, -0.15) is 8.78 Å². The van der Waals surface area contributed by atoms with Crippen molar-refractivity contribution < 1.29 is 42.1 Å². The maximum absolute atomic E-state index is 15.9. The van der Waals surface area contributed by atoms with Gasteiger partial charge in [0.2, 0.25) is 11.8 Å². The molecule has 1 aromatic carbocycles. The molecule has 6 atom stereocenters. The van der Waals surface area contributed by atoms with Crippen molar-refractivity contribution in [1.82, 2.24) is 20.2 Å². The predicted molar refractivity (Wildman–Crippen MR) is 159 cm³/mol. The molecule has 2 aliphatic heterocycles. The van der Waals surface area contributed by atoms with Crippen molar-refractivity contribution in [2.24, 2.45) is 17.3 Å². The molecule has 2 fully saturated rings. The fraction of sp³-hybridized carbons (Fsp3) is 0.656. The summed E-state index contributed by atoms with van der Waals surface area (Å²) < 4.78 is 54.6. The van der Waals surface area contributed by atoms with Gasteiger partial charge in [0.15, 0.2) is 5.69 Å². The van der Waals surface area contributed by atoms with Crippen LogP contribution in [-0.2, 0) is 25.0 Å². The molecule has 11 nitrogen and oxygen atoms in total. The van der Waals surface area contributed by atoms with E-state index in [-0.39, 0.29) is 30.1 Å². The summed E-state index contributed by atoms with van der Waals surface area (Å²) in [5.74, 6) is -4.63. The Morgan fingerprint density at radius 3 is 2.58 bits per heavy atom. The van der Waals surface area contributed by atoms with Crippen molar-refractivity contribution >= 4 is 29.3 Å². The van der Waals surface area contributed by atoms with E-state index >= 15 is 8.78 Å². The Kier molecular flexibility index (Phi) is 9.48. The van der Waals surface area contributed by atoms with Crippen LogP contribution in [0.1, 0.15) is 65.5 Å². The third-order valence-electron chi connectivity index (χ3n) is 9.13. The van der Waals surface area contributed by atoms with Crippen LogP contribution in [0.3, 0.4) is 0 Å². The van der Waals surface area contributed by atoms with Gasteiger partial charge in [-0.3, -0.25) is 4.79 Å². The minimum atomic E-state index is -3.58. The number of methoxy groups -OCH3 is 1. The number of aromatic nitrogens is 2. The Labute approximate surface area is 261 Å². The maximum Gasteiger partial charge on any atom is 0.408 e. The average molecular weight is 633 g/mol. The lowest BCUT2D eigenvalue weighted by atomic mass is 9.85. The van der Waals surface area contributed by atoms with Crippen molar-refractivity contribution in [2.45, 2.75) is 90.0 Å². The third-order valence-corrected chi connectivity index (χ3v) is 9.13. The van der Waals surface area contributed by atoms with Crippen LogP contribution in [0.25, 0.3) is 11.0 Å².